The summed E-state index contributed by atoms with van der Waals surface area (Å²) >= 11 is 0. The molecule has 0 unspecified atom stereocenters. The molecule has 196 valence electrons. The minimum absolute atomic E-state index is 0.0251. The molecule has 0 amide bonds. The van der Waals surface area contributed by atoms with Crippen LogP contribution in [0.15, 0.2) is 53.6 Å². The van der Waals surface area contributed by atoms with Gasteiger partial charge in [0.25, 0.3) is 0 Å². The second kappa shape index (κ2) is 10.2. The number of nitrogens with zero attached hydrogens (tertiary/aromatic N) is 6. The van der Waals surface area contributed by atoms with Crippen molar-refractivity contribution >= 4 is 33.4 Å². The van der Waals surface area contributed by atoms with Crippen LogP contribution in [0.3, 0.4) is 0 Å². The van der Waals surface area contributed by atoms with Crippen LogP contribution in [-0.2, 0) is 13.7 Å². The number of aliphatic hydroxyl groups excluding tert-OH is 2. The lowest BCUT2D eigenvalue weighted by molar-refractivity contribution is 0.277. The molecule has 0 fully saturated rings. The van der Waals surface area contributed by atoms with Gasteiger partial charge in [0, 0.05) is 44.3 Å². The molecule has 4 aromatic heterocycles. The molecular formula is C28H31N7O3. The number of benzene rings is 1. The molecule has 5 rings (SSSR count). The smallest absolute Gasteiger partial charge is 0.333 e. The largest absolute Gasteiger partial charge is 0.395 e. The Labute approximate surface area is 219 Å². The molecule has 10 nitrogen and oxygen atoms in total. The third-order valence-corrected chi connectivity index (χ3v) is 6.81. The summed E-state index contributed by atoms with van der Waals surface area (Å²) in [6.45, 7) is 4.92. The molecule has 0 saturated heterocycles. The lowest BCUT2D eigenvalue weighted by atomic mass is 10.0. The number of imidazole rings is 1. The SMILES string of the molecule is CCNc1cc(-c2ccc3ncc4c(c3c2)n(-c2ccc(N(C)CCO)nc2C)c(=O)n4C)cnc1CO. The van der Waals surface area contributed by atoms with E-state index in [9.17, 15) is 15.0 Å². The highest BCUT2D eigenvalue weighted by atomic mass is 16.3. The van der Waals surface area contributed by atoms with Crippen LogP contribution in [0, 0.1) is 6.92 Å². The second-order valence-corrected chi connectivity index (χ2v) is 9.23. The highest BCUT2D eigenvalue weighted by Crippen LogP contribution is 2.31. The first kappa shape index (κ1) is 25.4. The van der Waals surface area contributed by atoms with Crippen LogP contribution in [0.2, 0.25) is 0 Å². The minimum atomic E-state index is -0.190. The van der Waals surface area contributed by atoms with Crippen LogP contribution in [0.5, 0.6) is 0 Å². The second-order valence-electron chi connectivity index (χ2n) is 9.23. The Morgan fingerprint density at radius 2 is 1.87 bits per heavy atom. The number of anilines is 2. The van der Waals surface area contributed by atoms with Crippen LogP contribution < -0.4 is 15.9 Å². The molecule has 0 bridgehead atoms. The summed E-state index contributed by atoms with van der Waals surface area (Å²) in [7, 11) is 3.61. The molecule has 0 atom stereocenters. The zero-order valence-corrected chi connectivity index (χ0v) is 21.9. The summed E-state index contributed by atoms with van der Waals surface area (Å²) in [5.41, 5.74) is 6.59. The summed E-state index contributed by atoms with van der Waals surface area (Å²) in [6, 6.07) is 11.7. The lowest BCUT2D eigenvalue weighted by Crippen LogP contribution is -2.24. The summed E-state index contributed by atoms with van der Waals surface area (Å²) in [4.78, 5) is 29.2. The van der Waals surface area contributed by atoms with Crippen molar-refractivity contribution in [2.75, 3.05) is 37.0 Å². The Bertz CT molecular complexity index is 1710. The molecule has 0 spiro atoms. The monoisotopic (exact) mass is 513 g/mol. The molecule has 0 saturated carbocycles. The standard InChI is InChI=1S/C28H31N7O3/c1-5-29-22-13-19(14-30-23(22)16-37)18-6-7-21-20(12-18)27-25(15-31-21)34(4)28(38)35(27)24-8-9-26(32-17(24)2)33(3)10-11-36/h6-9,12-15,29,36-37H,5,10-11,16H2,1-4H3. The summed E-state index contributed by atoms with van der Waals surface area (Å²) < 4.78 is 3.29. The molecule has 10 heteroatoms. The topological polar surface area (TPSA) is 121 Å². The predicted molar refractivity (Wildman–Crippen MR) is 150 cm³/mol. The van der Waals surface area contributed by atoms with Crippen molar-refractivity contribution in [3.63, 3.8) is 0 Å². The third-order valence-electron chi connectivity index (χ3n) is 6.81. The van der Waals surface area contributed by atoms with Crippen LogP contribution >= 0.6 is 0 Å². The minimum Gasteiger partial charge on any atom is -0.395 e. The molecule has 38 heavy (non-hydrogen) atoms. The van der Waals surface area contributed by atoms with E-state index in [1.807, 2.05) is 62.2 Å². The highest BCUT2D eigenvalue weighted by molar-refractivity contribution is 6.04. The van der Waals surface area contributed by atoms with Gasteiger partial charge in [-0.1, -0.05) is 6.07 Å². The molecule has 5 aromatic rings. The maximum atomic E-state index is 13.5. The van der Waals surface area contributed by atoms with E-state index in [0.717, 1.165) is 39.1 Å². The van der Waals surface area contributed by atoms with Crippen molar-refractivity contribution in [1.82, 2.24) is 24.1 Å². The number of hydrogen-bond acceptors (Lipinski definition) is 8. The van der Waals surface area contributed by atoms with Crippen LogP contribution in [-0.4, -0.2) is 61.0 Å². The Morgan fingerprint density at radius 3 is 2.58 bits per heavy atom. The van der Waals surface area contributed by atoms with Crippen molar-refractivity contribution in [1.29, 1.82) is 0 Å². The summed E-state index contributed by atoms with van der Waals surface area (Å²) in [5, 5.41) is 23.0. The highest BCUT2D eigenvalue weighted by Gasteiger charge is 2.19. The summed E-state index contributed by atoms with van der Waals surface area (Å²) in [6.07, 6.45) is 3.47. The Morgan fingerprint density at radius 1 is 1.05 bits per heavy atom. The zero-order valence-electron chi connectivity index (χ0n) is 21.9. The molecule has 1 aromatic carbocycles. The summed E-state index contributed by atoms with van der Waals surface area (Å²) in [5.74, 6) is 0.720. The van der Waals surface area contributed by atoms with Gasteiger partial charge >= 0.3 is 5.69 Å². The van der Waals surface area contributed by atoms with Crippen LogP contribution in [0.25, 0.3) is 38.8 Å². The molecule has 3 N–H and O–H groups in total. The average Bonchev–Trinajstić information content (AvgIpc) is 3.18. The number of rotatable bonds is 8. The first-order valence-electron chi connectivity index (χ1n) is 12.5. The first-order chi connectivity index (χ1) is 18.4. The zero-order chi connectivity index (χ0) is 27.0. The number of hydrogen-bond donors (Lipinski definition) is 3. The van der Waals surface area contributed by atoms with Gasteiger partial charge in [0.2, 0.25) is 0 Å². The van der Waals surface area contributed by atoms with Gasteiger partial charge in [0.15, 0.2) is 0 Å². The number of aromatic nitrogens is 5. The maximum absolute atomic E-state index is 13.5. The molecule has 0 aliphatic carbocycles. The van der Waals surface area contributed by atoms with E-state index < -0.39 is 0 Å². The van der Waals surface area contributed by atoms with E-state index in [1.165, 1.54) is 0 Å². The van der Waals surface area contributed by atoms with Crippen molar-refractivity contribution in [2.24, 2.45) is 7.05 Å². The van der Waals surface area contributed by atoms with Gasteiger partial charge in [0.05, 0.1) is 58.7 Å². The van der Waals surface area contributed by atoms with Gasteiger partial charge in [-0.15, -0.1) is 0 Å². The van der Waals surface area contributed by atoms with Gasteiger partial charge in [-0.25, -0.2) is 9.78 Å². The van der Waals surface area contributed by atoms with Gasteiger partial charge in [-0.05, 0) is 49.7 Å². The Hall–Kier alpha value is -4.28. The Kier molecular flexibility index (Phi) is 6.83. The van der Waals surface area contributed by atoms with Crippen molar-refractivity contribution < 1.29 is 10.2 Å². The van der Waals surface area contributed by atoms with Gasteiger partial charge in [-0.2, -0.15) is 0 Å². The van der Waals surface area contributed by atoms with Gasteiger partial charge < -0.3 is 20.4 Å². The van der Waals surface area contributed by atoms with Crippen molar-refractivity contribution in [3.05, 3.63) is 70.7 Å². The molecule has 0 aliphatic heterocycles. The Balaban J connectivity index is 1.73. The number of aryl methyl sites for hydroxylation is 2. The molecule has 0 aliphatic rings. The average molecular weight is 514 g/mol. The van der Waals surface area contributed by atoms with Gasteiger partial charge in [0.1, 0.15) is 5.82 Å². The predicted octanol–water partition coefficient (Wildman–Crippen LogP) is 3.00. The molecule has 4 heterocycles. The number of likely N-dealkylation sites (N-methyl/N-ethyl adjacent to an activating group) is 1. The molecule has 0 radical (unpaired) electrons. The fourth-order valence-corrected chi connectivity index (χ4v) is 4.77. The lowest BCUT2D eigenvalue weighted by Gasteiger charge is -2.18. The fourth-order valence-electron chi connectivity index (χ4n) is 4.77. The fraction of sp³-hybridized carbons (Fsp3) is 0.286. The quantitative estimate of drug-likeness (QED) is 0.290. The van der Waals surface area contributed by atoms with Crippen molar-refractivity contribution in [2.45, 2.75) is 20.5 Å². The normalized spacial score (nSPS) is 11.4. The molecular weight excluding hydrogens is 482 g/mol. The number of aliphatic hydroxyl groups is 2. The van der Waals surface area contributed by atoms with E-state index >= 15 is 0 Å². The first-order valence-corrected chi connectivity index (χ1v) is 12.5. The third kappa shape index (κ3) is 4.27. The van der Waals surface area contributed by atoms with Crippen LogP contribution in [0.4, 0.5) is 11.5 Å². The number of nitrogens with one attached hydrogen (secondary N) is 1. The van der Waals surface area contributed by atoms with E-state index in [4.69, 9.17) is 4.98 Å². The van der Waals surface area contributed by atoms with Crippen molar-refractivity contribution in [3.8, 4) is 16.8 Å². The number of pyridine rings is 3. The maximum Gasteiger partial charge on any atom is 0.333 e. The number of fused-ring (bicyclic) bond motifs is 3. The van der Waals surface area contributed by atoms with E-state index in [0.29, 0.717) is 35.7 Å². The van der Waals surface area contributed by atoms with E-state index in [1.54, 1.807) is 28.6 Å². The van der Waals surface area contributed by atoms with Crippen LogP contribution in [0.1, 0.15) is 18.3 Å². The van der Waals surface area contributed by atoms with E-state index in [2.05, 4.69) is 15.3 Å². The van der Waals surface area contributed by atoms with E-state index in [-0.39, 0.29) is 18.9 Å². The van der Waals surface area contributed by atoms with Gasteiger partial charge in [-0.3, -0.25) is 19.1 Å².